The van der Waals surface area contributed by atoms with Crippen molar-refractivity contribution in [1.29, 1.82) is 0 Å². The maximum atomic E-state index is 5.95. The Morgan fingerprint density at radius 2 is 2.33 bits per heavy atom. The van der Waals surface area contributed by atoms with Crippen LogP contribution in [0, 0.1) is 0 Å². The zero-order chi connectivity index (χ0) is 12.2. The normalized spacial score (nSPS) is 22.6. The molecule has 1 atom stereocenters. The molecule has 2 aliphatic rings. The van der Waals surface area contributed by atoms with E-state index in [0.717, 1.165) is 38.3 Å². The van der Waals surface area contributed by atoms with E-state index in [1.54, 1.807) is 0 Å². The predicted molar refractivity (Wildman–Crippen MR) is 71.9 cm³/mol. The van der Waals surface area contributed by atoms with Gasteiger partial charge in [-0.2, -0.15) is 0 Å². The van der Waals surface area contributed by atoms with Crippen molar-refractivity contribution in [3.63, 3.8) is 0 Å². The molecule has 0 saturated carbocycles. The van der Waals surface area contributed by atoms with E-state index >= 15 is 0 Å². The van der Waals surface area contributed by atoms with Crippen LogP contribution in [-0.4, -0.2) is 32.4 Å². The van der Waals surface area contributed by atoms with Gasteiger partial charge >= 0.3 is 0 Å². The lowest BCUT2D eigenvalue weighted by Crippen LogP contribution is -2.22. The van der Waals surface area contributed by atoms with Gasteiger partial charge in [-0.15, -0.1) is 0 Å². The largest absolute Gasteiger partial charge is 0.491 e. The molecule has 1 heterocycles. The number of hydrogen-bond acceptors (Lipinski definition) is 3. The first kappa shape index (κ1) is 11.8. The summed E-state index contributed by atoms with van der Waals surface area (Å²) in [7, 11) is 0. The third-order valence-electron chi connectivity index (χ3n) is 3.49. The summed E-state index contributed by atoms with van der Waals surface area (Å²) in [6.07, 6.45) is 6.56. The van der Waals surface area contributed by atoms with Crippen molar-refractivity contribution in [3.8, 4) is 5.75 Å². The minimum atomic E-state index is 0.213. The Morgan fingerprint density at radius 1 is 1.33 bits per heavy atom. The Bertz CT molecular complexity index is 434. The van der Waals surface area contributed by atoms with Gasteiger partial charge in [-0.3, -0.25) is 0 Å². The third-order valence-corrected chi connectivity index (χ3v) is 3.49. The van der Waals surface area contributed by atoms with Crippen LogP contribution in [0.3, 0.4) is 0 Å². The molecule has 1 unspecified atom stereocenters. The molecule has 0 bridgehead atoms. The van der Waals surface area contributed by atoms with Gasteiger partial charge in [0.1, 0.15) is 12.4 Å². The van der Waals surface area contributed by atoms with E-state index < -0.39 is 0 Å². The summed E-state index contributed by atoms with van der Waals surface area (Å²) >= 11 is 0. The lowest BCUT2D eigenvalue weighted by Gasteiger charge is -2.17. The Hall–Kier alpha value is -1.32. The molecule has 3 heteroatoms. The fourth-order valence-corrected chi connectivity index (χ4v) is 2.48. The van der Waals surface area contributed by atoms with Crippen molar-refractivity contribution in [2.24, 2.45) is 0 Å². The van der Waals surface area contributed by atoms with Crippen molar-refractivity contribution in [2.75, 3.05) is 26.3 Å². The molecule has 0 radical (unpaired) electrons. The van der Waals surface area contributed by atoms with Crippen LogP contribution in [0.5, 0.6) is 5.75 Å². The molecule has 3 nitrogen and oxygen atoms in total. The van der Waals surface area contributed by atoms with Gasteiger partial charge in [0, 0.05) is 12.1 Å². The Balaban J connectivity index is 1.61. The van der Waals surface area contributed by atoms with Gasteiger partial charge in [0.25, 0.3) is 0 Å². The number of benzene rings is 1. The van der Waals surface area contributed by atoms with Crippen LogP contribution in [0.2, 0.25) is 0 Å². The fourth-order valence-electron chi connectivity index (χ4n) is 2.48. The smallest absolute Gasteiger partial charge is 0.123 e. The van der Waals surface area contributed by atoms with E-state index in [0.29, 0.717) is 6.61 Å². The topological polar surface area (TPSA) is 30.5 Å². The van der Waals surface area contributed by atoms with Gasteiger partial charge < -0.3 is 14.8 Å². The zero-order valence-corrected chi connectivity index (χ0v) is 10.5. The van der Waals surface area contributed by atoms with Crippen molar-refractivity contribution < 1.29 is 9.47 Å². The van der Waals surface area contributed by atoms with Crippen molar-refractivity contribution in [1.82, 2.24) is 5.32 Å². The lowest BCUT2D eigenvalue weighted by molar-refractivity contribution is 0.0294. The Labute approximate surface area is 108 Å². The van der Waals surface area contributed by atoms with Crippen LogP contribution in [0.25, 0.3) is 6.08 Å². The highest BCUT2D eigenvalue weighted by Crippen LogP contribution is 2.28. The monoisotopic (exact) mass is 245 g/mol. The van der Waals surface area contributed by atoms with Gasteiger partial charge in [-0.1, -0.05) is 24.3 Å². The fraction of sp³-hybridized carbons (Fsp3) is 0.467. The van der Waals surface area contributed by atoms with Gasteiger partial charge in [-0.05, 0) is 31.0 Å². The number of rotatable bonds is 3. The van der Waals surface area contributed by atoms with Crippen molar-refractivity contribution in [2.45, 2.75) is 18.9 Å². The number of ether oxygens (including phenoxy) is 2. The van der Waals surface area contributed by atoms with Crippen LogP contribution >= 0.6 is 0 Å². The second-order valence-electron chi connectivity index (χ2n) is 4.77. The Kier molecular flexibility index (Phi) is 3.62. The molecule has 1 N–H and O–H groups in total. The lowest BCUT2D eigenvalue weighted by atomic mass is 10.1. The molecular weight excluding hydrogens is 226 g/mol. The first-order chi connectivity index (χ1) is 8.93. The summed E-state index contributed by atoms with van der Waals surface area (Å²) in [6.45, 7) is 3.39. The highest BCUT2D eigenvalue weighted by Gasteiger charge is 2.15. The van der Waals surface area contributed by atoms with Crippen molar-refractivity contribution >= 4 is 6.08 Å². The summed E-state index contributed by atoms with van der Waals surface area (Å²) in [5, 5.41) is 3.33. The average Bonchev–Trinajstić information content (AvgIpc) is 2.73. The molecule has 1 aliphatic heterocycles. The quantitative estimate of drug-likeness (QED) is 0.883. The minimum Gasteiger partial charge on any atom is -0.491 e. The van der Waals surface area contributed by atoms with E-state index in [2.05, 4.69) is 35.7 Å². The van der Waals surface area contributed by atoms with Crippen LogP contribution in [0.15, 0.2) is 24.3 Å². The number of hydrogen-bond donors (Lipinski definition) is 1. The van der Waals surface area contributed by atoms with Crippen LogP contribution < -0.4 is 10.1 Å². The van der Waals surface area contributed by atoms with E-state index in [1.807, 2.05) is 0 Å². The molecule has 3 rings (SSSR count). The summed E-state index contributed by atoms with van der Waals surface area (Å²) in [5.41, 5.74) is 2.60. The summed E-state index contributed by atoms with van der Waals surface area (Å²) in [4.78, 5) is 0. The van der Waals surface area contributed by atoms with Crippen LogP contribution in [-0.2, 0) is 11.2 Å². The maximum absolute atomic E-state index is 5.95. The summed E-state index contributed by atoms with van der Waals surface area (Å²) in [6, 6.07) is 6.25. The number of nitrogens with one attached hydrogen (secondary N) is 1. The van der Waals surface area contributed by atoms with Gasteiger partial charge in [0.2, 0.25) is 0 Å². The van der Waals surface area contributed by atoms with E-state index in [1.165, 1.54) is 11.1 Å². The first-order valence-corrected chi connectivity index (χ1v) is 6.67. The van der Waals surface area contributed by atoms with Crippen molar-refractivity contribution in [3.05, 3.63) is 35.4 Å². The zero-order valence-electron chi connectivity index (χ0n) is 10.5. The van der Waals surface area contributed by atoms with E-state index in [4.69, 9.17) is 9.47 Å². The standard InChI is InChI=1S/C15H19NO2/c1-3-12-4-2-6-15(14(12)5-1)18-11-13-7-8-16-9-10-17-13/h1-4,6,13,16H,5,7-11H2. The van der Waals surface area contributed by atoms with Gasteiger partial charge in [-0.25, -0.2) is 0 Å². The summed E-state index contributed by atoms with van der Waals surface area (Å²) in [5.74, 6) is 1.01. The Morgan fingerprint density at radius 3 is 3.33 bits per heavy atom. The molecule has 18 heavy (non-hydrogen) atoms. The van der Waals surface area contributed by atoms with Gasteiger partial charge in [0.05, 0.1) is 12.7 Å². The molecular formula is C15H19NO2. The third kappa shape index (κ3) is 2.57. The predicted octanol–water partition coefficient (Wildman–Crippen LogP) is 2.01. The number of fused-ring (bicyclic) bond motifs is 1. The second-order valence-corrected chi connectivity index (χ2v) is 4.77. The SMILES string of the molecule is C1=Cc2cccc(OCC3CCNCCO3)c2C1. The molecule has 96 valence electrons. The molecule has 0 aromatic heterocycles. The number of allylic oxidation sites excluding steroid dienone is 1. The molecule has 1 fully saturated rings. The van der Waals surface area contributed by atoms with Gasteiger partial charge in [0.15, 0.2) is 0 Å². The van der Waals surface area contributed by atoms with E-state index in [9.17, 15) is 0 Å². The molecule has 0 amide bonds. The van der Waals surface area contributed by atoms with E-state index in [-0.39, 0.29) is 6.10 Å². The van der Waals surface area contributed by atoms with Crippen LogP contribution in [0.4, 0.5) is 0 Å². The highest BCUT2D eigenvalue weighted by molar-refractivity contribution is 5.63. The second kappa shape index (κ2) is 5.55. The first-order valence-electron chi connectivity index (χ1n) is 6.67. The van der Waals surface area contributed by atoms with Crippen LogP contribution in [0.1, 0.15) is 17.5 Å². The minimum absolute atomic E-state index is 0.213. The maximum Gasteiger partial charge on any atom is 0.123 e. The summed E-state index contributed by atoms with van der Waals surface area (Å²) < 4.78 is 11.7. The highest BCUT2D eigenvalue weighted by atomic mass is 16.5. The molecule has 0 spiro atoms. The molecule has 1 aromatic rings. The molecule has 1 aliphatic carbocycles. The molecule has 1 saturated heterocycles. The molecule has 1 aromatic carbocycles. The average molecular weight is 245 g/mol.